The predicted octanol–water partition coefficient (Wildman–Crippen LogP) is -0.134. The van der Waals surface area contributed by atoms with E-state index < -0.39 is 6.10 Å². The van der Waals surface area contributed by atoms with E-state index in [-0.39, 0.29) is 17.8 Å². The Morgan fingerprint density at radius 2 is 2.40 bits per heavy atom. The molecule has 2 unspecified atom stereocenters. The summed E-state index contributed by atoms with van der Waals surface area (Å²) in [6.07, 6.45) is 4.52. The van der Waals surface area contributed by atoms with Gasteiger partial charge in [-0.15, -0.1) is 11.6 Å². The molecule has 1 fully saturated rings. The number of likely N-dealkylation sites (tertiary alicyclic amines) is 1. The molecule has 1 saturated heterocycles. The van der Waals surface area contributed by atoms with Crippen LogP contribution < -0.4 is 0 Å². The van der Waals surface area contributed by atoms with Gasteiger partial charge in [-0.05, 0) is 0 Å². The number of hydrogen-bond donors (Lipinski definition) is 1. The minimum atomic E-state index is -0.550. The maximum atomic E-state index is 11.3. The summed E-state index contributed by atoms with van der Waals surface area (Å²) in [5, 5.41) is 9.79. The van der Waals surface area contributed by atoms with E-state index in [1.165, 1.54) is 0 Å². The SMILES string of the molecule is O=C(CCl)N1CC(O)C(n2ccnc2)C1. The fourth-order valence-electron chi connectivity index (χ4n) is 1.82. The van der Waals surface area contributed by atoms with Crippen LogP contribution in [0.2, 0.25) is 0 Å². The first-order valence-electron chi connectivity index (χ1n) is 4.71. The van der Waals surface area contributed by atoms with Crippen LogP contribution in [-0.2, 0) is 4.79 Å². The van der Waals surface area contributed by atoms with Gasteiger partial charge in [-0.1, -0.05) is 0 Å². The number of hydrogen-bond acceptors (Lipinski definition) is 3. The lowest BCUT2D eigenvalue weighted by Crippen LogP contribution is -2.30. The van der Waals surface area contributed by atoms with Crippen molar-refractivity contribution in [2.75, 3.05) is 19.0 Å². The Balaban J connectivity index is 2.08. The van der Waals surface area contributed by atoms with E-state index in [4.69, 9.17) is 11.6 Å². The van der Waals surface area contributed by atoms with Crippen molar-refractivity contribution in [3.63, 3.8) is 0 Å². The highest BCUT2D eigenvalue weighted by atomic mass is 35.5. The zero-order valence-corrected chi connectivity index (χ0v) is 8.84. The van der Waals surface area contributed by atoms with Gasteiger partial charge in [-0.3, -0.25) is 4.79 Å². The normalized spacial score (nSPS) is 25.9. The fourth-order valence-corrected chi connectivity index (χ4v) is 1.99. The molecule has 5 nitrogen and oxygen atoms in total. The van der Waals surface area contributed by atoms with E-state index in [1.54, 1.807) is 23.6 Å². The Morgan fingerprint density at radius 3 is 3.00 bits per heavy atom. The fraction of sp³-hybridized carbons (Fsp3) is 0.556. The third kappa shape index (κ3) is 1.98. The minimum Gasteiger partial charge on any atom is -0.389 e. The first kappa shape index (κ1) is 10.4. The number of aliphatic hydroxyl groups is 1. The Morgan fingerprint density at radius 1 is 1.60 bits per heavy atom. The van der Waals surface area contributed by atoms with Gasteiger partial charge in [0.2, 0.25) is 5.91 Å². The average molecular weight is 230 g/mol. The molecule has 0 saturated carbocycles. The largest absolute Gasteiger partial charge is 0.389 e. The monoisotopic (exact) mass is 229 g/mol. The maximum Gasteiger partial charge on any atom is 0.237 e. The molecule has 0 radical (unpaired) electrons. The molecule has 2 atom stereocenters. The summed E-state index contributed by atoms with van der Waals surface area (Å²) < 4.78 is 1.81. The molecular weight excluding hydrogens is 218 g/mol. The maximum absolute atomic E-state index is 11.3. The van der Waals surface area contributed by atoms with Crippen LogP contribution in [0, 0.1) is 0 Å². The number of imidazole rings is 1. The lowest BCUT2D eigenvalue weighted by atomic mass is 10.2. The highest BCUT2D eigenvalue weighted by Crippen LogP contribution is 2.21. The molecule has 1 N–H and O–H groups in total. The van der Waals surface area contributed by atoms with Crippen LogP contribution in [0.15, 0.2) is 18.7 Å². The van der Waals surface area contributed by atoms with Gasteiger partial charge in [0.25, 0.3) is 0 Å². The van der Waals surface area contributed by atoms with Crippen molar-refractivity contribution in [3.05, 3.63) is 18.7 Å². The van der Waals surface area contributed by atoms with Gasteiger partial charge >= 0.3 is 0 Å². The number of rotatable bonds is 2. The molecule has 15 heavy (non-hydrogen) atoms. The van der Waals surface area contributed by atoms with Crippen molar-refractivity contribution in [1.29, 1.82) is 0 Å². The number of carbonyl (C=O) groups excluding carboxylic acids is 1. The lowest BCUT2D eigenvalue weighted by Gasteiger charge is -2.15. The van der Waals surface area contributed by atoms with Gasteiger partial charge in [0, 0.05) is 25.5 Å². The standard InChI is InChI=1S/C9H12ClN3O2/c10-3-9(15)13-4-7(8(14)5-13)12-2-1-11-6-12/h1-2,6-8,14H,3-5H2. The number of amides is 1. The van der Waals surface area contributed by atoms with Gasteiger partial charge < -0.3 is 14.6 Å². The van der Waals surface area contributed by atoms with Crippen LogP contribution in [0.25, 0.3) is 0 Å². The number of aliphatic hydroxyl groups excluding tert-OH is 1. The summed E-state index contributed by atoms with van der Waals surface area (Å²) in [6.45, 7) is 0.831. The third-order valence-electron chi connectivity index (χ3n) is 2.63. The van der Waals surface area contributed by atoms with E-state index in [2.05, 4.69) is 4.98 Å². The average Bonchev–Trinajstić information content (AvgIpc) is 2.84. The lowest BCUT2D eigenvalue weighted by molar-refractivity contribution is -0.127. The van der Waals surface area contributed by atoms with Crippen molar-refractivity contribution in [2.45, 2.75) is 12.1 Å². The van der Waals surface area contributed by atoms with Gasteiger partial charge in [-0.2, -0.15) is 0 Å². The third-order valence-corrected chi connectivity index (χ3v) is 2.86. The Labute approximate surface area is 92.3 Å². The molecule has 1 aromatic rings. The van der Waals surface area contributed by atoms with Gasteiger partial charge in [0.15, 0.2) is 0 Å². The highest BCUT2D eigenvalue weighted by Gasteiger charge is 2.34. The van der Waals surface area contributed by atoms with Crippen LogP contribution in [-0.4, -0.2) is 50.5 Å². The summed E-state index contributed by atoms with van der Waals surface area (Å²) in [7, 11) is 0. The van der Waals surface area contributed by atoms with E-state index in [1.807, 2.05) is 4.57 Å². The van der Waals surface area contributed by atoms with E-state index in [0.29, 0.717) is 13.1 Å². The molecule has 6 heteroatoms. The molecule has 1 aliphatic heterocycles. The molecule has 1 amide bonds. The van der Waals surface area contributed by atoms with E-state index >= 15 is 0 Å². The van der Waals surface area contributed by atoms with Gasteiger partial charge in [-0.25, -0.2) is 4.98 Å². The van der Waals surface area contributed by atoms with Crippen LogP contribution in [0.4, 0.5) is 0 Å². The summed E-state index contributed by atoms with van der Waals surface area (Å²) in [5.41, 5.74) is 0. The minimum absolute atomic E-state index is 0.0383. The summed E-state index contributed by atoms with van der Waals surface area (Å²) >= 11 is 5.46. The topological polar surface area (TPSA) is 58.4 Å². The number of aromatic nitrogens is 2. The number of nitrogens with zero attached hydrogens (tertiary/aromatic N) is 3. The first-order valence-corrected chi connectivity index (χ1v) is 5.25. The van der Waals surface area contributed by atoms with Crippen molar-refractivity contribution in [2.24, 2.45) is 0 Å². The molecule has 2 heterocycles. The number of halogens is 1. The molecular formula is C9H12ClN3O2. The van der Waals surface area contributed by atoms with Gasteiger partial charge in [0.05, 0.1) is 18.5 Å². The second-order valence-corrected chi connectivity index (χ2v) is 3.84. The highest BCUT2D eigenvalue weighted by molar-refractivity contribution is 6.27. The second-order valence-electron chi connectivity index (χ2n) is 3.58. The molecule has 0 bridgehead atoms. The van der Waals surface area contributed by atoms with Crippen molar-refractivity contribution < 1.29 is 9.90 Å². The van der Waals surface area contributed by atoms with Crippen molar-refractivity contribution in [3.8, 4) is 0 Å². The zero-order valence-electron chi connectivity index (χ0n) is 8.08. The Kier molecular flexibility index (Phi) is 2.93. The molecule has 1 aromatic heterocycles. The Bertz CT molecular complexity index is 341. The van der Waals surface area contributed by atoms with Gasteiger partial charge in [0.1, 0.15) is 5.88 Å². The zero-order chi connectivity index (χ0) is 10.8. The number of carbonyl (C=O) groups is 1. The molecule has 0 aliphatic carbocycles. The summed E-state index contributed by atoms with van der Waals surface area (Å²) in [5.74, 6) is -0.179. The van der Waals surface area contributed by atoms with Crippen LogP contribution in [0.5, 0.6) is 0 Å². The molecule has 82 valence electrons. The van der Waals surface area contributed by atoms with Crippen molar-refractivity contribution in [1.82, 2.24) is 14.5 Å². The Hall–Kier alpha value is -1.07. The molecule has 0 spiro atoms. The molecule has 0 aromatic carbocycles. The molecule has 2 rings (SSSR count). The smallest absolute Gasteiger partial charge is 0.237 e. The van der Waals surface area contributed by atoms with Crippen LogP contribution >= 0.6 is 11.6 Å². The number of β-amino-alcohol motifs (C(OH)–C–C–N with tert-alkyl or cyclic N) is 1. The first-order chi connectivity index (χ1) is 7.22. The van der Waals surface area contributed by atoms with E-state index in [0.717, 1.165) is 0 Å². The van der Waals surface area contributed by atoms with Crippen LogP contribution in [0.3, 0.4) is 0 Å². The van der Waals surface area contributed by atoms with Crippen LogP contribution in [0.1, 0.15) is 6.04 Å². The summed E-state index contributed by atoms with van der Waals surface area (Å²) in [4.78, 5) is 16.8. The quantitative estimate of drug-likeness (QED) is 0.719. The molecule has 1 aliphatic rings. The predicted molar refractivity (Wildman–Crippen MR) is 54.6 cm³/mol. The van der Waals surface area contributed by atoms with E-state index in [9.17, 15) is 9.90 Å². The van der Waals surface area contributed by atoms with Crippen molar-refractivity contribution >= 4 is 17.5 Å². The summed E-state index contributed by atoms with van der Waals surface area (Å²) in [6, 6.07) is -0.111. The number of alkyl halides is 1. The second kappa shape index (κ2) is 4.20.